The molecule has 1 saturated heterocycles. The van der Waals surface area contributed by atoms with Crippen LogP contribution in [0.2, 0.25) is 0 Å². The number of ether oxygens (including phenoxy) is 2. The average Bonchev–Trinajstić information content (AvgIpc) is 2.79. The molecule has 2 heterocycles. The van der Waals surface area contributed by atoms with Crippen LogP contribution in [-0.2, 0) is 6.61 Å². The van der Waals surface area contributed by atoms with Gasteiger partial charge in [0.15, 0.2) is 0 Å². The van der Waals surface area contributed by atoms with E-state index >= 15 is 0 Å². The number of rotatable bonds is 7. The molecule has 0 amide bonds. The number of nitrogens with zero attached hydrogens (tertiary/aromatic N) is 2. The van der Waals surface area contributed by atoms with Crippen molar-refractivity contribution in [2.75, 3.05) is 25.5 Å². The molecule has 3 aromatic rings. The fraction of sp³-hybridized carbons (Fsp3) is 0.333. The minimum absolute atomic E-state index is 0. The Labute approximate surface area is 189 Å². The number of piperidine rings is 1. The monoisotopic (exact) mass is 440 g/mol. The third-order valence-electron chi connectivity index (χ3n) is 5.31. The highest BCUT2D eigenvalue weighted by Crippen LogP contribution is 2.34. The summed E-state index contributed by atoms with van der Waals surface area (Å²) < 4.78 is 11.6. The van der Waals surface area contributed by atoms with Gasteiger partial charge in [-0.3, -0.25) is 0 Å². The number of methoxy groups -OCH3 is 1. The van der Waals surface area contributed by atoms with E-state index in [0.29, 0.717) is 12.6 Å². The van der Waals surface area contributed by atoms with Crippen LogP contribution in [0.3, 0.4) is 0 Å². The van der Waals surface area contributed by atoms with Gasteiger partial charge in [-0.2, -0.15) is 0 Å². The predicted octanol–water partition coefficient (Wildman–Crippen LogP) is 4.63. The quantitative estimate of drug-likeness (QED) is 0.558. The largest absolute Gasteiger partial charge is 0.497 e. The van der Waals surface area contributed by atoms with Crippen LogP contribution < -0.4 is 20.1 Å². The van der Waals surface area contributed by atoms with Crippen molar-refractivity contribution in [3.63, 3.8) is 0 Å². The Hall–Kier alpha value is -2.83. The average molecular weight is 441 g/mol. The van der Waals surface area contributed by atoms with E-state index in [4.69, 9.17) is 9.47 Å². The normalized spacial score (nSPS) is 15.6. The van der Waals surface area contributed by atoms with Crippen LogP contribution in [0, 0.1) is 6.92 Å². The molecule has 1 aromatic heterocycles. The first-order valence-corrected chi connectivity index (χ1v) is 10.4. The summed E-state index contributed by atoms with van der Waals surface area (Å²) in [5.41, 5.74) is 3.87. The number of aromatic nitrogens is 2. The number of aryl methyl sites for hydroxylation is 1. The molecule has 0 unspecified atom stereocenters. The van der Waals surface area contributed by atoms with E-state index in [1.165, 1.54) is 6.42 Å². The summed E-state index contributed by atoms with van der Waals surface area (Å²) in [4.78, 5) is 0. The van der Waals surface area contributed by atoms with Gasteiger partial charge in [-0.25, -0.2) is 0 Å². The molecule has 2 aromatic carbocycles. The van der Waals surface area contributed by atoms with Crippen LogP contribution in [0.15, 0.2) is 54.6 Å². The molecule has 1 aliphatic rings. The summed E-state index contributed by atoms with van der Waals surface area (Å²) in [6, 6.07) is 18.4. The van der Waals surface area contributed by atoms with E-state index in [1.54, 1.807) is 7.11 Å². The summed E-state index contributed by atoms with van der Waals surface area (Å²) >= 11 is 0. The summed E-state index contributed by atoms with van der Waals surface area (Å²) in [7, 11) is 1.65. The van der Waals surface area contributed by atoms with Gasteiger partial charge in [-0.05, 0) is 55.6 Å². The second-order valence-corrected chi connectivity index (χ2v) is 7.59. The molecule has 1 fully saturated rings. The minimum Gasteiger partial charge on any atom is -0.497 e. The summed E-state index contributed by atoms with van der Waals surface area (Å²) in [6.07, 6.45) is 2.32. The molecule has 1 atom stereocenters. The Morgan fingerprint density at radius 1 is 1.10 bits per heavy atom. The molecule has 0 aliphatic carbocycles. The molecule has 31 heavy (non-hydrogen) atoms. The number of halogens is 1. The number of hydrogen-bond acceptors (Lipinski definition) is 6. The molecular formula is C24H29ClN4O2. The molecular weight excluding hydrogens is 412 g/mol. The molecule has 0 spiro atoms. The van der Waals surface area contributed by atoms with Gasteiger partial charge in [-0.15, -0.1) is 22.6 Å². The molecule has 0 radical (unpaired) electrons. The van der Waals surface area contributed by atoms with E-state index in [1.807, 2.05) is 48.5 Å². The lowest BCUT2D eigenvalue weighted by Gasteiger charge is -2.24. The lowest BCUT2D eigenvalue weighted by molar-refractivity contribution is 0.305. The highest BCUT2D eigenvalue weighted by atomic mass is 35.5. The van der Waals surface area contributed by atoms with E-state index in [-0.39, 0.29) is 12.4 Å². The van der Waals surface area contributed by atoms with Gasteiger partial charge in [0.2, 0.25) is 0 Å². The minimum atomic E-state index is 0. The van der Waals surface area contributed by atoms with Crippen LogP contribution in [-0.4, -0.2) is 36.4 Å². The first kappa shape index (κ1) is 22.8. The van der Waals surface area contributed by atoms with Crippen molar-refractivity contribution in [1.29, 1.82) is 0 Å². The molecule has 164 valence electrons. The fourth-order valence-corrected chi connectivity index (χ4v) is 3.69. The fourth-order valence-electron chi connectivity index (χ4n) is 3.69. The Bertz CT molecular complexity index is 979. The highest BCUT2D eigenvalue weighted by molar-refractivity contribution is 5.85. The van der Waals surface area contributed by atoms with Crippen molar-refractivity contribution in [2.24, 2.45) is 0 Å². The second-order valence-electron chi connectivity index (χ2n) is 7.59. The van der Waals surface area contributed by atoms with Crippen LogP contribution in [0.5, 0.6) is 11.5 Å². The topological polar surface area (TPSA) is 68.3 Å². The van der Waals surface area contributed by atoms with Crippen molar-refractivity contribution < 1.29 is 9.47 Å². The van der Waals surface area contributed by atoms with Crippen LogP contribution in [0.25, 0.3) is 11.3 Å². The van der Waals surface area contributed by atoms with Gasteiger partial charge in [-0.1, -0.05) is 30.3 Å². The molecule has 4 rings (SSSR count). The zero-order valence-corrected chi connectivity index (χ0v) is 18.7. The van der Waals surface area contributed by atoms with Gasteiger partial charge < -0.3 is 20.1 Å². The molecule has 0 saturated carbocycles. The number of anilines is 1. The Morgan fingerprint density at radius 2 is 1.94 bits per heavy atom. The number of hydrogen-bond donors (Lipinski definition) is 2. The van der Waals surface area contributed by atoms with Gasteiger partial charge in [0.05, 0.1) is 12.8 Å². The Kier molecular flexibility index (Phi) is 8.09. The summed E-state index contributed by atoms with van der Waals surface area (Å²) in [5, 5.41) is 15.9. The van der Waals surface area contributed by atoms with E-state index < -0.39 is 0 Å². The van der Waals surface area contributed by atoms with Crippen molar-refractivity contribution in [2.45, 2.75) is 32.4 Å². The third-order valence-corrected chi connectivity index (χ3v) is 5.31. The van der Waals surface area contributed by atoms with Gasteiger partial charge in [0.25, 0.3) is 0 Å². The molecule has 7 heteroatoms. The van der Waals surface area contributed by atoms with Crippen LogP contribution >= 0.6 is 12.4 Å². The van der Waals surface area contributed by atoms with Crippen LogP contribution in [0.1, 0.15) is 24.0 Å². The maximum absolute atomic E-state index is 6.16. The zero-order valence-electron chi connectivity index (χ0n) is 17.9. The first-order valence-electron chi connectivity index (χ1n) is 10.4. The SMILES string of the molecule is COc1ccc(-c2nnc(N[C@@H]3CCCNC3)cc2C)c(OCc2ccccc2)c1.Cl. The smallest absolute Gasteiger partial charge is 0.149 e. The summed E-state index contributed by atoms with van der Waals surface area (Å²) in [5.74, 6) is 2.29. The zero-order chi connectivity index (χ0) is 20.8. The lowest BCUT2D eigenvalue weighted by Crippen LogP contribution is -2.38. The van der Waals surface area contributed by atoms with Crippen molar-refractivity contribution in [3.05, 3.63) is 65.7 Å². The maximum atomic E-state index is 6.16. The van der Waals surface area contributed by atoms with E-state index in [2.05, 4.69) is 33.8 Å². The van der Waals surface area contributed by atoms with E-state index in [9.17, 15) is 0 Å². The number of nitrogens with one attached hydrogen (secondary N) is 2. The first-order chi connectivity index (χ1) is 14.7. The third kappa shape index (κ3) is 5.87. The Morgan fingerprint density at radius 3 is 2.65 bits per heavy atom. The number of benzene rings is 2. The van der Waals surface area contributed by atoms with Crippen molar-refractivity contribution in [3.8, 4) is 22.8 Å². The van der Waals surface area contributed by atoms with Gasteiger partial charge in [0, 0.05) is 24.2 Å². The molecule has 6 nitrogen and oxygen atoms in total. The van der Waals surface area contributed by atoms with E-state index in [0.717, 1.165) is 59.2 Å². The van der Waals surface area contributed by atoms with Crippen molar-refractivity contribution >= 4 is 18.2 Å². The molecule has 2 N–H and O–H groups in total. The van der Waals surface area contributed by atoms with Crippen molar-refractivity contribution in [1.82, 2.24) is 15.5 Å². The highest BCUT2D eigenvalue weighted by Gasteiger charge is 2.16. The summed E-state index contributed by atoms with van der Waals surface area (Å²) in [6.45, 7) is 4.57. The second kappa shape index (κ2) is 11.0. The lowest BCUT2D eigenvalue weighted by atomic mass is 10.1. The molecule has 1 aliphatic heterocycles. The standard InChI is InChI=1S/C24H28N4O2.ClH/c1-17-13-23(26-19-9-6-12-25-15-19)27-28-24(17)21-11-10-20(29-2)14-22(21)30-16-18-7-4-3-5-8-18;/h3-5,7-8,10-11,13-14,19,25H,6,9,12,15-16H2,1-2H3,(H,26,27);1H/t19-;/m1./s1. The van der Waals surface area contributed by atoms with Crippen LogP contribution in [0.4, 0.5) is 5.82 Å². The van der Waals surface area contributed by atoms with Gasteiger partial charge in [0.1, 0.15) is 23.9 Å². The predicted molar refractivity (Wildman–Crippen MR) is 126 cm³/mol. The molecule has 0 bridgehead atoms. The Balaban J connectivity index is 0.00000272. The maximum Gasteiger partial charge on any atom is 0.149 e. The van der Waals surface area contributed by atoms with Gasteiger partial charge >= 0.3 is 0 Å².